The van der Waals surface area contributed by atoms with Gasteiger partial charge in [-0.2, -0.15) is 0 Å². The van der Waals surface area contributed by atoms with Crippen molar-refractivity contribution >= 4 is 28.6 Å². The second kappa shape index (κ2) is 7.83. The molecule has 1 aromatic heterocycles. The summed E-state index contributed by atoms with van der Waals surface area (Å²) in [7, 11) is 1.72. The van der Waals surface area contributed by atoms with Gasteiger partial charge in [0.1, 0.15) is 5.75 Å². The molecule has 1 aliphatic heterocycles. The van der Waals surface area contributed by atoms with E-state index in [0.29, 0.717) is 0 Å². The van der Waals surface area contributed by atoms with Crippen LogP contribution in [0.3, 0.4) is 0 Å². The summed E-state index contributed by atoms with van der Waals surface area (Å²) < 4.78 is 5.50. The molecular formula is C24H26N2O. The normalized spacial score (nSPS) is 14.8. The average Bonchev–Trinajstić information content (AvgIpc) is 2.73. The van der Waals surface area contributed by atoms with E-state index in [1.54, 1.807) is 7.11 Å². The van der Waals surface area contributed by atoms with E-state index in [1.807, 2.05) is 18.3 Å². The third-order valence-corrected chi connectivity index (χ3v) is 5.36. The zero-order valence-corrected chi connectivity index (χ0v) is 16.1. The second-order valence-corrected chi connectivity index (χ2v) is 7.18. The van der Waals surface area contributed by atoms with Crippen molar-refractivity contribution in [2.24, 2.45) is 0 Å². The van der Waals surface area contributed by atoms with Gasteiger partial charge in [-0.05, 0) is 60.9 Å². The van der Waals surface area contributed by atoms with Gasteiger partial charge in [0.2, 0.25) is 0 Å². The van der Waals surface area contributed by atoms with Gasteiger partial charge in [0, 0.05) is 30.4 Å². The van der Waals surface area contributed by atoms with Crippen molar-refractivity contribution in [2.75, 3.05) is 25.1 Å². The van der Waals surface area contributed by atoms with Crippen LogP contribution in [0, 0.1) is 6.92 Å². The molecule has 0 bridgehead atoms. The maximum atomic E-state index is 5.50. The summed E-state index contributed by atoms with van der Waals surface area (Å²) in [5, 5.41) is 2.32. The van der Waals surface area contributed by atoms with Gasteiger partial charge in [-0.25, -0.2) is 0 Å². The number of fused-ring (bicyclic) bond motifs is 1. The third-order valence-electron chi connectivity index (χ3n) is 5.36. The highest BCUT2D eigenvalue weighted by molar-refractivity contribution is 5.96. The summed E-state index contributed by atoms with van der Waals surface area (Å²) in [6.07, 6.45) is 10.2. The van der Waals surface area contributed by atoms with Crippen molar-refractivity contribution in [3.63, 3.8) is 0 Å². The average molecular weight is 358 g/mol. The van der Waals surface area contributed by atoms with Crippen LogP contribution in [0.5, 0.6) is 5.75 Å². The lowest BCUT2D eigenvalue weighted by Gasteiger charge is -2.30. The number of nitrogens with zero attached hydrogens (tertiary/aromatic N) is 2. The summed E-state index contributed by atoms with van der Waals surface area (Å²) >= 11 is 0. The van der Waals surface area contributed by atoms with Gasteiger partial charge in [-0.15, -0.1) is 0 Å². The first-order chi connectivity index (χ1) is 13.3. The number of hydrogen-bond acceptors (Lipinski definition) is 3. The fourth-order valence-corrected chi connectivity index (χ4v) is 3.89. The molecule has 0 atom stereocenters. The van der Waals surface area contributed by atoms with E-state index in [1.165, 1.54) is 41.5 Å². The molecule has 138 valence electrons. The topological polar surface area (TPSA) is 25.4 Å². The lowest BCUT2D eigenvalue weighted by atomic mass is 10.0. The Labute approximate surface area is 161 Å². The van der Waals surface area contributed by atoms with E-state index in [-0.39, 0.29) is 0 Å². The molecule has 0 aliphatic carbocycles. The van der Waals surface area contributed by atoms with E-state index < -0.39 is 0 Å². The van der Waals surface area contributed by atoms with Crippen molar-refractivity contribution in [2.45, 2.75) is 26.2 Å². The Morgan fingerprint density at radius 2 is 1.74 bits per heavy atom. The van der Waals surface area contributed by atoms with Crippen LogP contribution in [-0.4, -0.2) is 25.2 Å². The molecule has 0 amide bonds. The molecule has 2 heterocycles. The Morgan fingerprint density at radius 1 is 0.963 bits per heavy atom. The van der Waals surface area contributed by atoms with E-state index in [9.17, 15) is 0 Å². The Kier molecular flexibility index (Phi) is 5.10. The number of aryl methyl sites for hydroxylation is 1. The minimum absolute atomic E-state index is 0.906. The van der Waals surface area contributed by atoms with Gasteiger partial charge >= 0.3 is 0 Å². The Hall–Kier alpha value is -2.81. The van der Waals surface area contributed by atoms with Crippen molar-refractivity contribution < 1.29 is 4.74 Å². The zero-order chi connectivity index (χ0) is 18.6. The smallest absolute Gasteiger partial charge is 0.126 e. The molecule has 0 saturated carbocycles. The van der Waals surface area contributed by atoms with Crippen LogP contribution in [0.15, 0.2) is 48.7 Å². The first-order valence-corrected chi connectivity index (χ1v) is 9.71. The quantitative estimate of drug-likeness (QED) is 0.597. The number of pyridine rings is 1. The predicted octanol–water partition coefficient (Wildman–Crippen LogP) is 5.71. The maximum Gasteiger partial charge on any atom is 0.126 e. The molecule has 4 rings (SSSR count). The van der Waals surface area contributed by atoms with Crippen molar-refractivity contribution in [1.29, 1.82) is 0 Å². The van der Waals surface area contributed by atoms with Gasteiger partial charge in [0.25, 0.3) is 0 Å². The van der Waals surface area contributed by atoms with Crippen LogP contribution in [0.2, 0.25) is 0 Å². The fourth-order valence-electron chi connectivity index (χ4n) is 3.89. The lowest BCUT2D eigenvalue weighted by Crippen LogP contribution is -2.30. The number of anilines is 1. The summed E-state index contributed by atoms with van der Waals surface area (Å²) in [5.74, 6) is 0.906. The first-order valence-electron chi connectivity index (χ1n) is 9.71. The van der Waals surface area contributed by atoms with E-state index in [0.717, 1.165) is 29.9 Å². The van der Waals surface area contributed by atoms with Crippen LogP contribution in [0.4, 0.5) is 5.69 Å². The predicted molar refractivity (Wildman–Crippen MR) is 114 cm³/mol. The lowest BCUT2D eigenvalue weighted by molar-refractivity contribution is 0.420. The molecule has 1 fully saturated rings. The molecule has 0 radical (unpaired) electrons. The molecule has 0 spiro atoms. The van der Waals surface area contributed by atoms with Crippen LogP contribution in [0.1, 0.15) is 36.1 Å². The number of piperidine rings is 1. The van der Waals surface area contributed by atoms with E-state index in [2.05, 4.69) is 59.3 Å². The summed E-state index contributed by atoms with van der Waals surface area (Å²) in [4.78, 5) is 7.13. The number of hydrogen-bond donors (Lipinski definition) is 0. The highest BCUT2D eigenvalue weighted by atomic mass is 16.5. The second-order valence-electron chi connectivity index (χ2n) is 7.18. The molecular weight excluding hydrogens is 332 g/mol. The third kappa shape index (κ3) is 3.68. The van der Waals surface area contributed by atoms with Crippen molar-refractivity contribution in [3.05, 3.63) is 65.5 Å². The molecule has 27 heavy (non-hydrogen) atoms. The minimum Gasteiger partial charge on any atom is -0.496 e. The van der Waals surface area contributed by atoms with Crippen LogP contribution < -0.4 is 9.64 Å². The number of ether oxygens (including phenoxy) is 1. The van der Waals surface area contributed by atoms with Gasteiger partial charge in [0.05, 0.1) is 12.8 Å². The van der Waals surface area contributed by atoms with E-state index in [4.69, 9.17) is 4.74 Å². The zero-order valence-electron chi connectivity index (χ0n) is 16.1. The number of benzene rings is 2. The van der Waals surface area contributed by atoms with Crippen LogP contribution in [-0.2, 0) is 0 Å². The first kappa shape index (κ1) is 17.6. The van der Waals surface area contributed by atoms with Gasteiger partial charge < -0.3 is 9.64 Å². The SMILES string of the molecule is COc1ccc(/C=C/c2cc(N3CCCCC3)c(C)cn2)c2ccccc12. The van der Waals surface area contributed by atoms with Gasteiger partial charge in [-0.1, -0.05) is 36.4 Å². The summed E-state index contributed by atoms with van der Waals surface area (Å²) in [5.41, 5.74) is 4.75. The number of aromatic nitrogens is 1. The van der Waals surface area contributed by atoms with Crippen LogP contribution >= 0.6 is 0 Å². The summed E-state index contributed by atoms with van der Waals surface area (Å²) in [6.45, 7) is 4.45. The monoisotopic (exact) mass is 358 g/mol. The summed E-state index contributed by atoms with van der Waals surface area (Å²) in [6, 6.07) is 14.7. The molecule has 3 aromatic rings. The highest BCUT2D eigenvalue weighted by Crippen LogP contribution is 2.30. The molecule has 2 aromatic carbocycles. The molecule has 3 nitrogen and oxygen atoms in total. The largest absolute Gasteiger partial charge is 0.496 e. The number of methoxy groups -OCH3 is 1. The minimum atomic E-state index is 0.906. The molecule has 1 aliphatic rings. The van der Waals surface area contributed by atoms with Crippen molar-refractivity contribution in [1.82, 2.24) is 4.98 Å². The van der Waals surface area contributed by atoms with Crippen LogP contribution in [0.25, 0.3) is 22.9 Å². The standard InChI is InChI=1S/C24H26N2O/c1-18-17-25-20(16-23(18)26-14-6-3-7-15-26)12-10-19-11-13-24(27-2)22-9-5-4-8-21(19)22/h4-5,8-13,16-17H,3,6-7,14-15H2,1-2H3/b12-10+. The molecule has 3 heteroatoms. The fraction of sp³-hybridized carbons (Fsp3) is 0.292. The molecule has 1 saturated heterocycles. The Morgan fingerprint density at radius 3 is 2.52 bits per heavy atom. The van der Waals surface area contributed by atoms with Gasteiger partial charge in [-0.3, -0.25) is 4.98 Å². The van der Waals surface area contributed by atoms with Gasteiger partial charge in [0.15, 0.2) is 0 Å². The Balaban J connectivity index is 1.66. The molecule has 0 N–H and O–H groups in total. The maximum absolute atomic E-state index is 5.50. The Bertz CT molecular complexity index is 971. The number of rotatable bonds is 4. The highest BCUT2D eigenvalue weighted by Gasteiger charge is 2.13. The van der Waals surface area contributed by atoms with E-state index >= 15 is 0 Å². The molecule has 0 unspecified atom stereocenters. The van der Waals surface area contributed by atoms with Crippen molar-refractivity contribution in [3.8, 4) is 5.75 Å².